The van der Waals surface area contributed by atoms with E-state index in [1.807, 2.05) is 0 Å². The predicted molar refractivity (Wildman–Crippen MR) is 136 cm³/mol. The van der Waals surface area contributed by atoms with Gasteiger partial charge in [-0.15, -0.1) is 0 Å². The Morgan fingerprint density at radius 3 is 2.23 bits per heavy atom. The zero-order chi connectivity index (χ0) is 25.0. The fraction of sp³-hybridized carbons (Fsp3) is 0.222. The maximum Gasteiger partial charge on any atom is 0.343 e. The van der Waals surface area contributed by atoms with E-state index in [1.165, 1.54) is 6.21 Å². The van der Waals surface area contributed by atoms with Gasteiger partial charge in [0.25, 0.3) is 5.91 Å². The van der Waals surface area contributed by atoms with Crippen molar-refractivity contribution in [3.63, 3.8) is 0 Å². The SMILES string of the molecule is CCCCOc1ccc(C(=O)Oc2ccc(/C=N/NC(=O)C(C)Oc3ccc(Cl)cc3)cc2)cc1. The molecule has 7 nitrogen and oxygen atoms in total. The van der Waals surface area contributed by atoms with E-state index in [0.717, 1.165) is 18.6 Å². The monoisotopic (exact) mass is 494 g/mol. The Balaban J connectivity index is 1.46. The molecule has 0 bridgehead atoms. The molecular weight excluding hydrogens is 468 g/mol. The van der Waals surface area contributed by atoms with Gasteiger partial charge in [-0.1, -0.05) is 24.9 Å². The first kappa shape index (κ1) is 25.8. The topological polar surface area (TPSA) is 86.2 Å². The molecule has 0 aromatic heterocycles. The highest BCUT2D eigenvalue weighted by atomic mass is 35.5. The van der Waals surface area contributed by atoms with Crippen molar-refractivity contribution in [3.05, 3.63) is 88.9 Å². The highest BCUT2D eigenvalue weighted by molar-refractivity contribution is 6.30. The van der Waals surface area contributed by atoms with Crippen LogP contribution < -0.4 is 19.6 Å². The van der Waals surface area contributed by atoms with Gasteiger partial charge in [-0.3, -0.25) is 4.79 Å². The zero-order valence-corrected chi connectivity index (χ0v) is 20.3. The number of esters is 1. The molecule has 35 heavy (non-hydrogen) atoms. The van der Waals surface area contributed by atoms with Gasteiger partial charge in [0.1, 0.15) is 17.2 Å². The van der Waals surface area contributed by atoms with Crippen molar-refractivity contribution in [2.75, 3.05) is 6.61 Å². The number of benzene rings is 3. The van der Waals surface area contributed by atoms with Crippen LogP contribution in [0, 0.1) is 0 Å². The number of hydrogen-bond donors (Lipinski definition) is 1. The van der Waals surface area contributed by atoms with Crippen molar-refractivity contribution in [2.45, 2.75) is 32.8 Å². The predicted octanol–water partition coefficient (Wildman–Crippen LogP) is 5.66. The lowest BCUT2D eigenvalue weighted by atomic mass is 10.2. The van der Waals surface area contributed by atoms with Crippen LogP contribution in [0.2, 0.25) is 5.02 Å². The molecule has 0 saturated heterocycles. The molecule has 0 fully saturated rings. The summed E-state index contributed by atoms with van der Waals surface area (Å²) in [4.78, 5) is 24.5. The van der Waals surface area contributed by atoms with Crippen molar-refractivity contribution in [3.8, 4) is 17.2 Å². The van der Waals surface area contributed by atoms with E-state index in [9.17, 15) is 9.59 Å². The van der Waals surface area contributed by atoms with Crippen molar-refractivity contribution in [1.82, 2.24) is 5.43 Å². The average molecular weight is 495 g/mol. The minimum absolute atomic E-state index is 0.393. The number of hydrogen-bond acceptors (Lipinski definition) is 6. The van der Waals surface area contributed by atoms with E-state index >= 15 is 0 Å². The van der Waals surface area contributed by atoms with Crippen LogP contribution in [-0.2, 0) is 4.79 Å². The van der Waals surface area contributed by atoms with E-state index in [1.54, 1.807) is 79.7 Å². The lowest BCUT2D eigenvalue weighted by Gasteiger charge is -2.12. The average Bonchev–Trinajstić information content (AvgIpc) is 2.87. The van der Waals surface area contributed by atoms with Crippen molar-refractivity contribution in [1.29, 1.82) is 0 Å². The second kappa shape index (κ2) is 13.2. The lowest BCUT2D eigenvalue weighted by Crippen LogP contribution is -2.33. The fourth-order valence-electron chi connectivity index (χ4n) is 2.84. The number of halogens is 1. The summed E-state index contributed by atoms with van der Waals surface area (Å²) in [6.07, 6.45) is 2.78. The molecule has 0 radical (unpaired) electrons. The molecule has 0 saturated carbocycles. The van der Waals surface area contributed by atoms with Crippen molar-refractivity contribution >= 4 is 29.7 Å². The second-order valence-electron chi connectivity index (χ2n) is 7.63. The summed E-state index contributed by atoms with van der Waals surface area (Å²) in [7, 11) is 0. The van der Waals surface area contributed by atoms with Crippen LogP contribution in [0.25, 0.3) is 0 Å². The molecule has 0 spiro atoms. The largest absolute Gasteiger partial charge is 0.494 e. The Labute approximate surface area is 209 Å². The van der Waals surface area contributed by atoms with Gasteiger partial charge in [-0.2, -0.15) is 5.10 Å². The number of ether oxygens (including phenoxy) is 3. The first-order valence-corrected chi connectivity index (χ1v) is 11.6. The summed E-state index contributed by atoms with van der Waals surface area (Å²) in [5, 5.41) is 4.53. The fourth-order valence-corrected chi connectivity index (χ4v) is 2.97. The summed E-state index contributed by atoms with van der Waals surface area (Å²) < 4.78 is 16.6. The number of unbranched alkanes of at least 4 members (excludes halogenated alkanes) is 1. The maximum atomic E-state index is 12.4. The molecule has 8 heteroatoms. The molecule has 1 unspecified atom stereocenters. The first-order chi connectivity index (χ1) is 16.9. The smallest absolute Gasteiger partial charge is 0.343 e. The maximum absolute atomic E-state index is 12.4. The van der Waals surface area contributed by atoms with E-state index in [0.29, 0.717) is 34.3 Å². The van der Waals surface area contributed by atoms with Gasteiger partial charge in [0.15, 0.2) is 6.10 Å². The van der Waals surface area contributed by atoms with Gasteiger partial charge in [-0.05, 0) is 91.7 Å². The number of rotatable bonds is 11. The summed E-state index contributed by atoms with van der Waals surface area (Å²) in [5.41, 5.74) is 3.58. The van der Waals surface area contributed by atoms with Crippen LogP contribution in [-0.4, -0.2) is 30.8 Å². The Hall–Kier alpha value is -3.84. The van der Waals surface area contributed by atoms with Crippen LogP contribution >= 0.6 is 11.6 Å². The standard InChI is InChI=1S/C27H27ClN2O5/c1-3-4-17-33-23-13-7-21(8-14-23)27(32)35-25-11-5-20(6-12-25)18-29-30-26(31)19(2)34-24-15-9-22(28)10-16-24/h5-16,18-19H,3-4,17H2,1-2H3,(H,30,31)/b29-18+. The lowest BCUT2D eigenvalue weighted by molar-refractivity contribution is -0.127. The van der Waals surface area contributed by atoms with Crippen LogP contribution in [0.4, 0.5) is 0 Å². The number of amides is 1. The quantitative estimate of drug-likeness (QED) is 0.122. The Morgan fingerprint density at radius 2 is 1.57 bits per heavy atom. The van der Waals surface area contributed by atoms with E-state index in [4.69, 9.17) is 25.8 Å². The number of carbonyl (C=O) groups excluding carboxylic acids is 2. The minimum atomic E-state index is -0.743. The van der Waals surface area contributed by atoms with Gasteiger partial charge in [0, 0.05) is 5.02 Å². The van der Waals surface area contributed by atoms with Crippen LogP contribution in [0.5, 0.6) is 17.2 Å². The van der Waals surface area contributed by atoms with Crippen molar-refractivity contribution in [2.24, 2.45) is 5.10 Å². The van der Waals surface area contributed by atoms with E-state index in [-0.39, 0.29) is 0 Å². The van der Waals surface area contributed by atoms with Gasteiger partial charge in [0.05, 0.1) is 18.4 Å². The molecule has 0 aliphatic rings. The molecule has 1 N–H and O–H groups in total. The van der Waals surface area contributed by atoms with Gasteiger partial charge < -0.3 is 14.2 Å². The van der Waals surface area contributed by atoms with Crippen LogP contribution in [0.3, 0.4) is 0 Å². The second-order valence-corrected chi connectivity index (χ2v) is 8.07. The summed E-state index contributed by atoms with van der Waals surface area (Å²) in [6.45, 7) is 4.37. The normalized spacial score (nSPS) is 11.6. The highest BCUT2D eigenvalue weighted by Gasteiger charge is 2.14. The summed E-state index contributed by atoms with van der Waals surface area (Å²) >= 11 is 5.84. The van der Waals surface area contributed by atoms with Crippen LogP contribution in [0.15, 0.2) is 77.9 Å². The molecule has 3 aromatic rings. The Kier molecular flexibility index (Phi) is 9.69. The highest BCUT2D eigenvalue weighted by Crippen LogP contribution is 2.18. The number of carbonyl (C=O) groups is 2. The summed E-state index contributed by atoms with van der Waals surface area (Å²) in [6, 6.07) is 20.3. The first-order valence-electron chi connectivity index (χ1n) is 11.2. The van der Waals surface area contributed by atoms with Gasteiger partial charge in [-0.25, -0.2) is 10.2 Å². The van der Waals surface area contributed by atoms with Crippen molar-refractivity contribution < 1.29 is 23.8 Å². The van der Waals surface area contributed by atoms with Crippen LogP contribution in [0.1, 0.15) is 42.6 Å². The number of hydrazone groups is 1. The zero-order valence-electron chi connectivity index (χ0n) is 19.6. The Morgan fingerprint density at radius 1 is 0.943 bits per heavy atom. The van der Waals surface area contributed by atoms with Gasteiger partial charge in [0.2, 0.25) is 0 Å². The third-order valence-corrected chi connectivity index (χ3v) is 5.08. The van der Waals surface area contributed by atoms with E-state index in [2.05, 4.69) is 17.5 Å². The third kappa shape index (κ3) is 8.46. The number of nitrogens with zero attached hydrogens (tertiary/aromatic N) is 1. The summed E-state index contributed by atoms with van der Waals surface area (Å²) in [5.74, 6) is 0.778. The molecular formula is C27H27ClN2O5. The molecule has 1 amide bonds. The van der Waals surface area contributed by atoms with E-state index < -0.39 is 18.0 Å². The molecule has 3 aromatic carbocycles. The molecule has 0 aliphatic heterocycles. The number of nitrogens with one attached hydrogen (secondary N) is 1. The molecule has 0 heterocycles. The molecule has 0 aliphatic carbocycles. The molecule has 182 valence electrons. The van der Waals surface area contributed by atoms with Gasteiger partial charge >= 0.3 is 5.97 Å². The third-order valence-electron chi connectivity index (χ3n) is 4.83. The Bertz CT molecular complexity index is 1130. The molecule has 3 rings (SSSR count). The molecule has 1 atom stereocenters. The minimum Gasteiger partial charge on any atom is -0.494 e.